The summed E-state index contributed by atoms with van der Waals surface area (Å²) in [6, 6.07) is 5.28. The van der Waals surface area contributed by atoms with Gasteiger partial charge in [-0.15, -0.1) is 0 Å². The van der Waals surface area contributed by atoms with Crippen molar-refractivity contribution in [1.82, 2.24) is 0 Å². The minimum atomic E-state index is -0.506. The number of carbonyl (C=O) groups excluding carboxylic acids is 2. The summed E-state index contributed by atoms with van der Waals surface area (Å²) in [4.78, 5) is 26.5. The van der Waals surface area contributed by atoms with Crippen LogP contribution in [-0.4, -0.2) is 39.8 Å². The molecular formula is C18H23NO5. The number of anilines is 1. The highest BCUT2D eigenvalue weighted by Crippen LogP contribution is 2.35. The molecule has 1 aromatic carbocycles. The number of hydrogen-bond acceptors (Lipinski definition) is 5. The molecule has 0 aromatic heterocycles. The van der Waals surface area contributed by atoms with Crippen LogP contribution in [0.15, 0.2) is 29.8 Å². The standard InChI is InChI=1S/C18H23NO5/c1-5-19(15-11-12(22-2)9-10-16(15)23-3)17(20)13-7-6-8-14(13)18(21)24-4/h7,9-11,14H,5-6,8H2,1-4H3. The predicted molar refractivity (Wildman–Crippen MR) is 90.4 cm³/mol. The predicted octanol–water partition coefficient (Wildman–Crippen LogP) is 2.57. The number of carbonyl (C=O) groups is 2. The number of nitrogens with zero attached hydrogens (tertiary/aromatic N) is 1. The number of amides is 1. The Morgan fingerprint density at radius 3 is 2.54 bits per heavy atom. The molecule has 6 nitrogen and oxygen atoms in total. The lowest BCUT2D eigenvalue weighted by atomic mass is 10.0. The molecule has 1 aliphatic carbocycles. The van der Waals surface area contributed by atoms with E-state index in [1.165, 1.54) is 7.11 Å². The van der Waals surface area contributed by atoms with Crippen molar-refractivity contribution >= 4 is 17.6 Å². The van der Waals surface area contributed by atoms with Crippen molar-refractivity contribution < 1.29 is 23.8 Å². The second-order valence-electron chi connectivity index (χ2n) is 5.40. The molecule has 1 amide bonds. The van der Waals surface area contributed by atoms with Crippen LogP contribution in [0.5, 0.6) is 11.5 Å². The molecule has 1 unspecified atom stereocenters. The molecule has 0 spiro atoms. The molecule has 0 aliphatic heterocycles. The maximum atomic E-state index is 13.0. The van der Waals surface area contributed by atoms with Crippen molar-refractivity contribution in [1.29, 1.82) is 0 Å². The van der Waals surface area contributed by atoms with Crippen LogP contribution in [0.2, 0.25) is 0 Å². The van der Waals surface area contributed by atoms with Gasteiger partial charge in [0.2, 0.25) is 0 Å². The van der Waals surface area contributed by atoms with Gasteiger partial charge in [0, 0.05) is 18.2 Å². The molecule has 0 heterocycles. The Balaban J connectivity index is 2.38. The van der Waals surface area contributed by atoms with E-state index in [1.54, 1.807) is 37.3 Å². The quantitative estimate of drug-likeness (QED) is 0.749. The number of methoxy groups -OCH3 is 3. The van der Waals surface area contributed by atoms with E-state index in [0.717, 1.165) is 0 Å². The summed E-state index contributed by atoms with van der Waals surface area (Å²) in [6.07, 6.45) is 3.10. The highest BCUT2D eigenvalue weighted by Gasteiger charge is 2.34. The average molecular weight is 333 g/mol. The molecule has 130 valence electrons. The lowest BCUT2D eigenvalue weighted by molar-refractivity contribution is -0.144. The lowest BCUT2D eigenvalue weighted by Crippen LogP contribution is -2.35. The van der Waals surface area contributed by atoms with Crippen molar-refractivity contribution in [3.63, 3.8) is 0 Å². The number of allylic oxidation sites excluding steroid dienone is 1. The Morgan fingerprint density at radius 2 is 1.96 bits per heavy atom. The largest absolute Gasteiger partial charge is 0.497 e. The topological polar surface area (TPSA) is 65.1 Å². The fourth-order valence-corrected chi connectivity index (χ4v) is 2.91. The van der Waals surface area contributed by atoms with Gasteiger partial charge in [-0.2, -0.15) is 0 Å². The number of benzene rings is 1. The van der Waals surface area contributed by atoms with Gasteiger partial charge in [-0.3, -0.25) is 9.59 Å². The van der Waals surface area contributed by atoms with E-state index in [2.05, 4.69) is 0 Å². The van der Waals surface area contributed by atoms with Gasteiger partial charge in [-0.25, -0.2) is 0 Å². The van der Waals surface area contributed by atoms with Crippen LogP contribution in [0.3, 0.4) is 0 Å². The number of hydrogen-bond donors (Lipinski definition) is 0. The number of likely N-dealkylation sites (N-methyl/N-ethyl adjacent to an activating group) is 1. The fraction of sp³-hybridized carbons (Fsp3) is 0.444. The smallest absolute Gasteiger partial charge is 0.313 e. The number of ether oxygens (including phenoxy) is 3. The van der Waals surface area contributed by atoms with Gasteiger partial charge in [0.15, 0.2) is 0 Å². The molecule has 6 heteroatoms. The van der Waals surface area contributed by atoms with E-state index in [1.807, 2.05) is 13.0 Å². The van der Waals surface area contributed by atoms with E-state index in [9.17, 15) is 9.59 Å². The van der Waals surface area contributed by atoms with E-state index >= 15 is 0 Å². The highest BCUT2D eigenvalue weighted by molar-refractivity contribution is 6.09. The van der Waals surface area contributed by atoms with Gasteiger partial charge >= 0.3 is 5.97 Å². The molecular weight excluding hydrogens is 310 g/mol. The molecule has 2 rings (SSSR count). The van der Waals surface area contributed by atoms with Crippen LogP contribution >= 0.6 is 0 Å². The SMILES string of the molecule is CCN(C(=O)C1=CCCC1C(=O)OC)c1cc(OC)ccc1OC. The lowest BCUT2D eigenvalue weighted by Gasteiger charge is -2.25. The van der Waals surface area contributed by atoms with Gasteiger partial charge in [0.05, 0.1) is 32.9 Å². The van der Waals surface area contributed by atoms with E-state index in [-0.39, 0.29) is 11.9 Å². The van der Waals surface area contributed by atoms with Crippen molar-refractivity contribution in [3.8, 4) is 11.5 Å². The van der Waals surface area contributed by atoms with Crippen molar-refractivity contribution in [2.24, 2.45) is 5.92 Å². The molecule has 0 N–H and O–H groups in total. The second-order valence-corrected chi connectivity index (χ2v) is 5.40. The fourth-order valence-electron chi connectivity index (χ4n) is 2.91. The van der Waals surface area contributed by atoms with Crippen molar-refractivity contribution in [3.05, 3.63) is 29.8 Å². The number of rotatable bonds is 6. The second kappa shape index (κ2) is 7.86. The molecule has 1 aromatic rings. The summed E-state index contributed by atoms with van der Waals surface area (Å²) in [5.41, 5.74) is 1.09. The normalized spacial score (nSPS) is 16.3. The third kappa shape index (κ3) is 3.37. The van der Waals surface area contributed by atoms with Crippen LogP contribution in [0.1, 0.15) is 19.8 Å². The van der Waals surface area contributed by atoms with E-state index < -0.39 is 5.92 Å². The Hall–Kier alpha value is -2.50. The summed E-state index contributed by atoms with van der Waals surface area (Å²) in [6.45, 7) is 2.31. The molecule has 0 radical (unpaired) electrons. The zero-order chi connectivity index (χ0) is 17.7. The monoisotopic (exact) mass is 333 g/mol. The van der Waals surface area contributed by atoms with Gasteiger partial charge in [0.25, 0.3) is 5.91 Å². The van der Waals surface area contributed by atoms with Crippen LogP contribution in [0.25, 0.3) is 0 Å². The molecule has 0 bridgehead atoms. The maximum Gasteiger partial charge on any atom is 0.313 e. The first kappa shape index (κ1) is 17.8. The van der Waals surface area contributed by atoms with Crippen LogP contribution in [0, 0.1) is 5.92 Å². The zero-order valence-electron chi connectivity index (χ0n) is 14.5. The van der Waals surface area contributed by atoms with E-state index in [0.29, 0.717) is 42.1 Å². The zero-order valence-corrected chi connectivity index (χ0v) is 14.5. The van der Waals surface area contributed by atoms with E-state index in [4.69, 9.17) is 14.2 Å². The average Bonchev–Trinajstić information content (AvgIpc) is 3.11. The van der Waals surface area contributed by atoms with Crippen molar-refractivity contribution in [2.75, 3.05) is 32.8 Å². The minimum absolute atomic E-state index is 0.211. The Morgan fingerprint density at radius 1 is 1.21 bits per heavy atom. The summed E-state index contributed by atoms with van der Waals surface area (Å²) < 4.78 is 15.4. The Kier molecular flexibility index (Phi) is 5.84. The molecule has 0 saturated heterocycles. The summed E-state index contributed by atoms with van der Waals surface area (Å²) in [7, 11) is 4.46. The molecule has 1 aliphatic rings. The molecule has 24 heavy (non-hydrogen) atoms. The van der Waals surface area contributed by atoms with Gasteiger partial charge < -0.3 is 19.1 Å². The van der Waals surface area contributed by atoms with Crippen molar-refractivity contribution in [2.45, 2.75) is 19.8 Å². The first-order chi connectivity index (χ1) is 11.6. The van der Waals surface area contributed by atoms with Gasteiger partial charge in [-0.1, -0.05) is 6.08 Å². The minimum Gasteiger partial charge on any atom is -0.497 e. The number of esters is 1. The van der Waals surface area contributed by atoms with Gasteiger partial charge in [-0.05, 0) is 31.9 Å². The first-order valence-corrected chi connectivity index (χ1v) is 7.89. The summed E-state index contributed by atoms with van der Waals surface area (Å²) in [5.74, 6) is 0.104. The first-order valence-electron chi connectivity index (χ1n) is 7.89. The highest BCUT2D eigenvalue weighted by atomic mass is 16.5. The molecule has 0 fully saturated rings. The molecule has 1 atom stereocenters. The van der Waals surface area contributed by atoms with Crippen LogP contribution in [0.4, 0.5) is 5.69 Å². The summed E-state index contributed by atoms with van der Waals surface area (Å²) >= 11 is 0. The third-order valence-corrected chi connectivity index (χ3v) is 4.17. The van der Waals surface area contributed by atoms with Gasteiger partial charge in [0.1, 0.15) is 11.5 Å². The van der Waals surface area contributed by atoms with Crippen LogP contribution < -0.4 is 14.4 Å². The Labute approximate surface area is 142 Å². The Bertz CT molecular complexity index is 653. The van der Waals surface area contributed by atoms with Crippen LogP contribution in [-0.2, 0) is 14.3 Å². The molecule has 0 saturated carbocycles. The third-order valence-electron chi connectivity index (χ3n) is 4.17. The maximum absolute atomic E-state index is 13.0. The summed E-state index contributed by atoms with van der Waals surface area (Å²) in [5, 5.41) is 0.